The van der Waals surface area contributed by atoms with Gasteiger partial charge in [0.1, 0.15) is 0 Å². The van der Waals surface area contributed by atoms with Gasteiger partial charge in [-0.05, 0) is 38.7 Å². The normalized spacial score (nSPS) is 13.7. The van der Waals surface area contributed by atoms with Gasteiger partial charge in [-0.1, -0.05) is 85.0 Å². The molecule has 3 aromatic rings. The van der Waals surface area contributed by atoms with Gasteiger partial charge >= 0.3 is 0 Å². The van der Waals surface area contributed by atoms with Crippen molar-refractivity contribution in [2.75, 3.05) is 0 Å². The fourth-order valence-corrected chi connectivity index (χ4v) is 3.02. The lowest BCUT2D eigenvalue weighted by Crippen LogP contribution is -2.02. The Balaban J connectivity index is 1.94. The lowest BCUT2D eigenvalue weighted by Gasteiger charge is -2.11. The Kier molecular flexibility index (Phi) is 3.32. The molecule has 0 radical (unpaired) electrons. The van der Waals surface area contributed by atoms with Crippen molar-refractivity contribution in [3.8, 4) is 0 Å². The summed E-state index contributed by atoms with van der Waals surface area (Å²) in [5.74, 6) is 0.0343. The minimum absolute atomic E-state index is 0.0343. The van der Waals surface area contributed by atoms with Gasteiger partial charge in [-0.3, -0.25) is 0 Å². The number of allylic oxidation sites excluding steroid dienone is 6. The Hall–Kier alpha value is -3.06. The molecule has 23 heavy (non-hydrogen) atoms. The molecular weight excluding hydrogens is 280 g/mol. The molecule has 0 spiro atoms. The highest BCUT2D eigenvalue weighted by Crippen LogP contribution is 2.29. The number of rotatable bonds is 2. The SMILES string of the molecule is [O-]C(C=Cc1c2ccccc2cc2ccccc12)=C1C=CC=C1. The van der Waals surface area contributed by atoms with Gasteiger partial charge in [0.2, 0.25) is 0 Å². The van der Waals surface area contributed by atoms with Crippen molar-refractivity contribution >= 4 is 27.6 Å². The molecule has 1 nitrogen and oxygen atoms in total. The first kappa shape index (κ1) is 13.6. The lowest BCUT2D eigenvalue weighted by atomic mass is 9.96. The van der Waals surface area contributed by atoms with Crippen LogP contribution in [0.15, 0.2) is 96.3 Å². The minimum atomic E-state index is 0.0343. The summed E-state index contributed by atoms with van der Waals surface area (Å²) in [7, 11) is 0. The molecule has 0 atom stereocenters. The second kappa shape index (κ2) is 5.62. The average molecular weight is 295 g/mol. The van der Waals surface area contributed by atoms with E-state index in [0.29, 0.717) is 0 Å². The highest BCUT2D eigenvalue weighted by atomic mass is 16.3. The molecule has 0 saturated heterocycles. The van der Waals surface area contributed by atoms with Gasteiger partial charge in [0.05, 0.1) is 0 Å². The van der Waals surface area contributed by atoms with E-state index < -0.39 is 0 Å². The van der Waals surface area contributed by atoms with Crippen LogP contribution in [-0.2, 0) is 0 Å². The highest BCUT2D eigenvalue weighted by Gasteiger charge is 2.04. The third kappa shape index (κ3) is 2.47. The third-order valence-corrected chi connectivity index (χ3v) is 4.16. The number of hydrogen-bond acceptors (Lipinski definition) is 1. The van der Waals surface area contributed by atoms with Crippen LogP contribution >= 0.6 is 0 Å². The fourth-order valence-electron chi connectivity index (χ4n) is 3.02. The van der Waals surface area contributed by atoms with Crippen molar-refractivity contribution in [3.63, 3.8) is 0 Å². The number of fused-ring (bicyclic) bond motifs is 2. The molecule has 0 fully saturated rings. The van der Waals surface area contributed by atoms with E-state index in [0.717, 1.165) is 21.9 Å². The number of benzene rings is 3. The van der Waals surface area contributed by atoms with E-state index in [4.69, 9.17) is 0 Å². The first-order valence-electron chi connectivity index (χ1n) is 7.67. The smallest absolute Gasteiger partial charge is 0.00996 e. The molecule has 0 amide bonds. The van der Waals surface area contributed by atoms with Crippen LogP contribution in [0.5, 0.6) is 0 Å². The van der Waals surface area contributed by atoms with Crippen molar-refractivity contribution in [3.05, 3.63) is 102 Å². The molecule has 1 heteroatoms. The maximum atomic E-state index is 12.3. The molecule has 4 rings (SSSR count). The van der Waals surface area contributed by atoms with E-state index in [1.807, 2.05) is 54.6 Å². The van der Waals surface area contributed by atoms with Crippen molar-refractivity contribution in [2.45, 2.75) is 0 Å². The summed E-state index contributed by atoms with van der Waals surface area (Å²) in [6.07, 6.45) is 11.1. The predicted octanol–water partition coefficient (Wildman–Crippen LogP) is 4.75. The molecule has 0 aliphatic heterocycles. The zero-order valence-electron chi connectivity index (χ0n) is 12.6. The van der Waals surface area contributed by atoms with E-state index in [9.17, 15) is 5.11 Å². The number of hydrogen-bond donors (Lipinski definition) is 0. The molecule has 3 aromatic carbocycles. The molecule has 0 unspecified atom stereocenters. The molecule has 0 bridgehead atoms. The van der Waals surface area contributed by atoms with Crippen LogP contribution < -0.4 is 5.11 Å². The van der Waals surface area contributed by atoms with Crippen LogP contribution in [0, 0.1) is 0 Å². The summed E-state index contributed by atoms with van der Waals surface area (Å²) >= 11 is 0. The standard InChI is InChI=1S/C22H16O/c23-22(16-7-1-2-8-16)14-13-21-19-11-5-3-9-17(19)15-18-10-4-6-12-20(18)21/h1-15,23H/p-1. The zero-order chi connectivity index (χ0) is 15.6. The summed E-state index contributed by atoms with van der Waals surface area (Å²) in [6, 6.07) is 18.8. The third-order valence-electron chi connectivity index (χ3n) is 4.16. The van der Waals surface area contributed by atoms with E-state index in [1.54, 1.807) is 6.08 Å². The van der Waals surface area contributed by atoms with E-state index in [2.05, 4.69) is 30.3 Å². The summed E-state index contributed by atoms with van der Waals surface area (Å²) in [5, 5.41) is 17.0. The van der Waals surface area contributed by atoms with Gasteiger partial charge in [-0.2, -0.15) is 0 Å². The highest BCUT2D eigenvalue weighted by molar-refractivity contribution is 6.06. The molecule has 1 aliphatic rings. The summed E-state index contributed by atoms with van der Waals surface area (Å²) < 4.78 is 0. The maximum absolute atomic E-state index is 12.3. The van der Waals surface area contributed by atoms with Gasteiger partial charge in [-0.15, -0.1) is 5.76 Å². The van der Waals surface area contributed by atoms with Crippen LogP contribution in [0.4, 0.5) is 0 Å². The Morgan fingerprint density at radius 1 is 0.783 bits per heavy atom. The van der Waals surface area contributed by atoms with Crippen molar-refractivity contribution in [2.24, 2.45) is 0 Å². The molecule has 1 aliphatic carbocycles. The van der Waals surface area contributed by atoms with Gasteiger partial charge in [0.25, 0.3) is 0 Å². The largest absolute Gasteiger partial charge is 0.872 e. The van der Waals surface area contributed by atoms with Crippen LogP contribution in [0.2, 0.25) is 0 Å². The second-order valence-electron chi connectivity index (χ2n) is 5.60. The monoisotopic (exact) mass is 295 g/mol. The average Bonchev–Trinajstić information content (AvgIpc) is 3.13. The Morgan fingerprint density at radius 2 is 1.35 bits per heavy atom. The predicted molar refractivity (Wildman–Crippen MR) is 95.8 cm³/mol. The molecular formula is C22H15O-. The molecule has 0 aromatic heterocycles. The molecule has 0 saturated carbocycles. The van der Waals surface area contributed by atoms with Crippen LogP contribution in [0.1, 0.15) is 5.56 Å². The van der Waals surface area contributed by atoms with Gasteiger partial charge in [-0.25, -0.2) is 0 Å². The van der Waals surface area contributed by atoms with Crippen molar-refractivity contribution in [1.82, 2.24) is 0 Å². The first-order chi connectivity index (χ1) is 11.3. The lowest BCUT2D eigenvalue weighted by molar-refractivity contribution is -0.295. The Bertz CT molecular complexity index is 949. The van der Waals surface area contributed by atoms with Crippen LogP contribution in [-0.4, -0.2) is 0 Å². The quantitative estimate of drug-likeness (QED) is 0.494. The molecule has 0 N–H and O–H groups in total. The first-order valence-corrected chi connectivity index (χ1v) is 7.67. The Morgan fingerprint density at radius 3 is 1.96 bits per heavy atom. The minimum Gasteiger partial charge on any atom is -0.872 e. The van der Waals surface area contributed by atoms with Gasteiger partial charge < -0.3 is 5.11 Å². The summed E-state index contributed by atoms with van der Waals surface area (Å²) in [6.45, 7) is 0. The molecule has 0 heterocycles. The Labute approximate surface area is 135 Å². The van der Waals surface area contributed by atoms with E-state index >= 15 is 0 Å². The van der Waals surface area contributed by atoms with Gasteiger partial charge in [0.15, 0.2) is 0 Å². The fraction of sp³-hybridized carbons (Fsp3) is 0. The second-order valence-corrected chi connectivity index (χ2v) is 5.60. The van der Waals surface area contributed by atoms with E-state index in [-0.39, 0.29) is 5.76 Å². The zero-order valence-corrected chi connectivity index (χ0v) is 12.6. The van der Waals surface area contributed by atoms with Crippen LogP contribution in [0.25, 0.3) is 27.6 Å². The maximum Gasteiger partial charge on any atom is -0.00996 e. The van der Waals surface area contributed by atoms with Gasteiger partial charge in [0, 0.05) is 0 Å². The summed E-state index contributed by atoms with van der Waals surface area (Å²) in [4.78, 5) is 0. The molecule has 110 valence electrons. The summed E-state index contributed by atoms with van der Waals surface area (Å²) in [5.41, 5.74) is 1.82. The van der Waals surface area contributed by atoms with E-state index in [1.165, 1.54) is 10.8 Å². The topological polar surface area (TPSA) is 23.1 Å². The van der Waals surface area contributed by atoms with Crippen LogP contribution in [0.3, 0.4) is 0 Å². The van der Waals surface area contributed by atoms with Crippen molar-refractivity contribution in [1.29, 1.82) is 0 Å². The van der Waals surface area contributed by atoms with Crippen molar-refractivity contribution < 1.29 is 5.11 Å².